The highest BCUT2D eigenvalue weighted by Crippen LogP contribution is 2.59. The number of hydrogen-bond donors (Lipinski definition) is 2. The molecule has 8 atom stereocenters. The van der Waals surface area contributed by atoms with E-state index in [2.05, 4.69) is 18.5 Å². The molecule has 3 aliphatic rings. The van der Waals surface area contributed by atoms with Gasteiger partial charge in [0.25, 0.3) is 5.91 Å². The molecule has 3 saturated heterocycles. The van der Waals surface area contributed by atoms with E-state index in [4.69, 9.17) is 14.2 Å². The lowest BCUT2D eigenvalue weighted by atomic mass is 9.70. The quantitative estimate of drug-likeness (QED) is 0.128. The van der Waals surface area contributed by atoms with Gasteiger partial charge in [0.15, 0.2) is 0 Å². The van der Waals surface area contributed by atoms with E-state index in [9.17, 15) is 19.5 Å². The summed E-state index contributed by atoms with van der Waals surface area (Å²) in [6, 6.07) is 20.2. The van der Waals surface area contributed by atoms with Crippen LogP contribution in [-0.4, -0.2) is 90.4 Å². The van der Waals surface area contributed by atoms with Crippen LogP contribution in [0.3, 0.4) is 0 Å². The number of aliphatic hydroxyl groups excluding tert-OH is 1. The zero-order valence-electron chi connectivity index (χ0n) is 32.0. The Labute approximate surface area is 323 Å². The van der Waals surface area contributed by atoms with Crippen LogP contribution in [0.2, 0.25) is 0 Å². The Morgan fingerprint density at radius 2 is 1.78 bits per heavy atom. The first-order chi connectivity index (χ1) is 26.6. The molecule has 3 aliphatic heterocycles. The summed E-state index contributed by atoms with van der Waals surface area (Å²) in [5.74, 6) is -3.66. The Kier molecular flexibility index (Phi) is 12.5. The molecule has 292 valence electrons. The van der Waals surface area contributed by atoms with Crippen molar-refractivity contribution in [2.45, 2.75) is 81.9 Å². The number of anilines is 1. The molecule has 3 fully saturated rings. The maximum atomic E-state index is 15.2. The topological polar surface area (TPSA) is 135 Å². The van der Waals surface area contributed by atoms with E-state index in [0.29, 0.717) is 36.9 Å². The monoisotopic (exact) mass is 751 g/mol. The molecule has 0 saturated carbocycles. The molecule has 3 aromatic rings. The van der Waals surface area contributed by atoms with E-state index >= 15 is 4.79 Å². The molecule has 11 nitrogen and oxygen atoms in total. The van der Waals surface area contributed by atoms with E-state index in [-0.39, 0.29) is 43.9 Å². The zero-order valence-corrected chi connectivity index (χ0v) is 32.0. The van der Waals surface area contributed by atoms with Gasteiger partial charge in [-0.05, 0) is 60.1 Å². The van der Waals surface area contributed by atoms with E-state index < -0.39 is 59.6 Å². The Morgan fingerprint density at radius 1 is 1.05 bits per heavy atom. The van der Waals surface area contributed by atoms with Gasteiger partial charge in [0.05, 0.1) is 43.2 Å². The largest absolute Gasteiger partial charge is 0.455 e. The summed E-state index contributed by atoms with van der Waals surface area (Å²) in [6.45, 7) is 11.5. The summed E-state index contributed by atoms with van der Waals surface area (Å²) in [6.07, 6.45) is 3.59. The van der Waals surface area contributed by atoms with E-state index in [1.165, 1.54) is 12.0 Å². The van der Waals surface area contributed by atoms with Crippen LogP contribution in [0.5, 0.6) is 0 Å². The lowest BCUT2D eigenvalue weighted by molar-refractivity contribution is -0.163. The molecule has 2 N–H and O–H groups in total. The van der Waals surface area contributed by atoms with Crippen LogP contribution in [0.25, 0.3) is 10.8 Å². The summed E-state index contributed by atoms with van der Waals surface area (Å²) >= 11 is 0. The molecule has 6 rings (SSSR count). The molecule has 55 heavy (non-hydrogen) atoms. The molecule has 0 aromatic heterocycles. The maximum absolute atomic E-state index is 15.2. The van der Waals surface area contributed by atoms with Gasteiger partial charge in [0.1, 0.15) is 17.7 Å². The van der Waals surface area contributed by atoms with Gasteiger partial charge in [0, 0.05) is 25.8 Å². The number of aliphatic hydroxyl groups is 1. The molecular formula is C44H53N3O8. The third kappa shape index (κ3) is 7.83. The first-order valence-electron chi connectivity index (χ1n) is 19.2. The number of carbonyl (C=O) groups is 4. The number of amides is 3. The molecule has 3 heterocycles. The van der Waals surface area contributed by atoms with Crippen molar-refractivity contribution >= 4 is 40.2 Å². The Balaban J connectivity index is 1.38. The number of rotatable bonds is 18. The number of likely N-dealkylation sites (tertiary alicyclic amines) is 1. The SMILES string of the molecule is C=CCCC(=O)N[C@@H](COC)[C@@H](OC(=O)[C@@H]1[C@H]2C(=O)N([C@@H](CO)CC(C)C)[C@H](C(=O)N(CC=C)c3ccc4ccccc4c3)[C@]23CC[C@H]1O3)c1ccccc1. The first kappa shape index (κ1) is 39.8. The fourth-order valence-electron chi connectivity index (χ4n) is 8.92. The predicted octanol–water partition coefficient (Wildman–Crippen LogP) is 5.52. The number of nitrogens with zero attached hydrogens (tertiary/aromatic N) is 2. The molecule has 0 unspecified atom stereocenters. The average Bonchev–Trinajstić information content (AvgIpc) is 3.84. The van der Waals surface area contributed by atoms with Gasteiger partial charge < -0.3 is 34.4 Å². The van der Waals surface area contributed by atoms with Gasteiger partial charge in [-0.1, -0.05) is 86.7 Å². The molecule has 3 aromatic carbocycles. The minimum absolute atomic E-state index is 0.0508. The Bertz CT molecular complexity index is 1880. The number of nitrogens with one attached hydrogen (secondary N) is 1. The van der Waals surface area contributed by atoms with Gasteiger partial charge in [-0.2, -0.15) is 0 Å². The molecular weight excluding hydrogens is 698 g/mol. The predicted molar refractivity (Wildman–Crippen MR) is 210 cm³/mol. The number of esters is 1. The van der Waals surface area contributed by atoms with Crippen LogP contribution >= 0.6 is 0 Å². The van der Waals surface area contributed by atoms with Crippen LogP contribution in [0.1, 0.15) is 57.6 Å². The molecule has 0 radical (unpaired) electrons. The smallest absolute Gasteiger partial charge is 0.313 e. The number of carbonyl (C=O) groups excluding carboxylic acids is 4. The number of hydrogen-bond acceptors (Lipinski definition) is 8. The van der Waals surface area contributed by atoms with Crippen LogP contribution in [0, 0.1) is 17.8 Å². The summed E-state index contributed by atoms with van der Waals surface area (Å²) in [7, 11) is 1.51. The Hall–Kier alpha value is -4.84. The van der Waals surface area contributed by atoms with Crippen LogP contribution < -0.4 is 10.2 Å². The molecule has 3 amide bonds. The second kappa shape index (κ2) is 17.3. The number of allylic oxidation sites excluding steroid dienone is 1. The molecule has 1 spiro atoms. The normalized spacial score (nSPS) is 24.3. The van der Waals surface area contributed by atoms with Gasteiger partial charge in [-0.3, -0.25) is 19.2 Å². The standard InChI is InChI=1S/C44H53N3O8/c1-6-8-18-36(49)45-34(27-53-5)39(30-15-10-9-11-16-30)54-43(52)37-35-21-22-44(55-35)38(37)41(50)47(33(26-48)24-28(3)4)40(44)42(51)46(23-7-2)32-20-19-29-14-12-13-17-31(29)25-32/h6-7,9-17,19-20,25,28,33-35,37-40,48H,1-2,8,18,21-24,26-27H2,3-5H3,(H,45,49)/t33-,34+,35-,37+,38+,39+,40-,44+/m1/s1. The minimum atomic E-state index is -1.34. The number of fused-ring (bicyclic) bond motifs is 2. The van der Waals surface area contributed by atoms with Gasteiger partial charge >= 0.3 is 5.97 Å². The maximum Gasteiger partial charge on any atom is 0.313 e. The van der Waals surface area contributed by atoms with E-state index in [1.807, 2.05) is 86.6 Å². The fraction of sp³-hybridized carbons (Fsp3) is 0.455. The minimum Gasteiger partial charge on any atom is -0.455 e. The first-order valence-corrected chi connectivity index (χ1v) is 19.2. The van der Waals surface area contributed by atoms with Crippen molar-refractivity contribution < 1.29 is 38.5 Å². The summed E-state index contributed by atoms with van der Waals surface area (Å²) < 4.78 is 18.6. The van der Waals surface area contributed by atoms with Crippen molar-refractivity contribution in [1.82, 2.24) is 10.2 Å². The highest BCUT2D eigenvalue weighted by atomic mass is 16.6. The Morgan fingerprint density at radius 3 is 2.45 bits per heavy atom. The lowest BCUT2D eigenvalue weighted by Crippen LogP contribution is -2.59. The average molecular weight is 752 g/mol. The third-order valence-electron chi connectivity index (χ3n) is 11.2. The number of ether oxygens (including phenoxy) is 3. The van der Waals surface area contributed by atoms with Crippen molar-refractivity contribution in [1.29, 1.82) is 0 Å². The molecule has 11 heteroatoms. The fourth-order valence-corrected chi connectivity index (χ4v) is 8.92. The van der Waals surface area contributed by atoms with Crippen molar-refractivity contribution in [3.05, 3.63) is 104 Å². The summed E-state index contributed by atoms with van der Waals surface area (Å²) in [5.41, 5.74) is -0.0642. The van der Waals surface area contributed by atoms with Crippen molar-refractivity contribution in [3.8, 4) is 0 Å². The second-order valence-corrected chi connectivity index (χ2v) is 15.3. The van der Waals surface area contributed by atoms with Crippen molar-refractivity contribution in [2.24, 2.45) is 17.8 Å². The van der Waals surface area contributed by atoms with E-state index in [1.54, 1.807) is 17.1 Å². The van der Waals surface area contributed by atoms with Crippen molar-refractivity contribution in [3.63, 3.8) is 0 Å². The number of benzene rings is 3. The molecule has 2 bridgehead atoms. The van der Waals surface area contributed by atoms with Gasteiger partial charge in [-0.25, -0.2) is 0 Å². The highest BCUT2D eigenvalue weighted by Gasteiger charge is 2.75. The highest BCUT2D eigenvalue weighted by molar-refractivity contribution is 6.05. The van der Waals surface area contributed by atoms with Gasteiger partial charge in [-0.15, -0.1) is 13.2 Å². The zero-order chi connectivity index (χ0) is 39.3. The number of methoxy groups -OCH3 is 1. The van der Waals surface area contributed by atoms with Crippen LogP contribution in [0.4, 0.5) is 5.69 Å². The van der Waals surface area contributed by atoms with E-state index in [0.717, 1.165) is 10.8 Å². The van der Waals surface area contributed by atoms with Crippen LogP contribution in [0.15, 0.2) is 98.1 Å². The third-order valence-corrected chi connectivity index (χ3v) is 11.2. The summed E-state index contributed by atoms with van der Waals surface area (Å²) in [5, 5.41) is 15.7. The van der Waals surface area contributed by atoms with Gasteiger partial charge in [0.2, 0.25) is 11.8 Å². The van der Waals surface area contributed by atoms with Crippen molar-refractivity contribution in [2.75, 3.05) is 31.8 Å². The van der Waals surface area contributed by atoms with Crippen LogP contribution in [-0.2, 0) is 33.4 Å². The lowest BCUT2D eigenvalue weighted by Gasteiger charge is -2.39. The summed E-state index contributed by atoms with van der Waals surface area (Å²) in [4.78, 5) is 60.9. The second-order valence-electron chi connectivity index (χ2n) is 15.3. The molecule has 0 aliphatic carbocycles.